The van der Waals surface area contributed by atoms with E-state index in [0.29, 0.717) is 24.9 Å². The second-order valence-corrected chi connectivity index (χ2v) is 4.65. The van der Waals surface area contributed by atoms with E-state index in [2.05, 4.69) is 10.4 Å². The van der Waals surface area contributed by atoms with Crippen LogP contribution in [0.5, 0.6) is 0 Å². The largest absolute Gasteiger partial charge is 0.481 e. The van der Waals surface area contributed by atoms with E-state index >= 15 is 0 Å². The van der Waals surface area contributed by atoms with Crippen molar-refractivity contribution >= 4 is 17.6 Å². The molecule has 0 bridgehead atoms. The van der Waals surface area contributed by atoms with Gasteiger partial charge >= 0.3 is 5.97 Å². The van der Waals surface area contributed by atoms with Crippen LogP contribution in [0.4, 0.5) is 5.69 Å². The number of amides is 1. The van der Waals surface area contributed by atoms with Gasteiger partial charge in [0.2, 0.25) is 5.91 Å². The van der Waals surface area contributed by atoms with E-state index in [4.69, 9.17) is 5.11 Å². The number of anilines is 1. The van der Waals surface area contributed by atoms with Gasteiger partial charge in [-0.15, -0.1) is 0 Å². The molecule has 0 fully saturated rings. The standard InChI is InChI=1S/C15H17N3O3/c19-14(4-1-2-5-15(20)21)17-12-6-8-13(9-7-12)18-11-3-10-16-18/h3,6-11H,1-2,4-5H2,(H,17,19)(H,20,21). The van der Waals surface area contributed by atoms with E-state index in [9.17, 15) is 9.59 Å². The molecule has 0 aliphatic heterocycles. The van der Waals surface area contributed by atoms with E-state index in [1.54, 1.807) is 10.9 Å². The van der Waals surface area contributed by atoms with E-state index in [1.807, 2.05) is 36.5 Å². The highest BCUT2D eigenvalue weighted by Crippen LogP contribution is 2.13. The van der Waals surface area contributed by atoms with E-state index in [0.717, 1.165) is 5.69 Å². The van der Waals surface area contributed by atoms with E-state index in [-0.39, 0.29) is 12.3 Å². The van der Waals surface area contributed by atoms with Crippen LogP contribution in [0.2, 0.25) is 0 Å². The van der Waals surface area contributed by atoms with E-state index in [1.165, 1.54) is 0 Å². The Balaban J connectivity index is 1.80. The van der Waals surface area contributed by atoms with Crippen molar-refractivity contribution in [2.45, 2.75) is 25.7 Å². The number of hydrogen-bond acceptors (Lipinski definition) is 3. The van der Waals surface area contributed by atoms with Crippen LogP contribution in [0.15, 0.2) is 42.7 Å². The fourth-order valence-corrected chi connectivity index (χ4v) is 1.90. The minimum absolute atomic E-state index is 0.103. The Labute approximate surface area is 122 Å². The summed E-state index contributed by atoms with van der Waals surface area (Å²) in [5, 5.41) is 15.4. The topological polar surface area (TPSA) is 84.2 Å². The number of nitrogens with zero attached hydrogens (tertiary/aromatic N) is 2. The zero-order valence-electron chi connectivity index (χ0n) is 11.5. The summed E-state index contributed by atoms with van der Waals surface area (Å²) < 4.78 is 1.73. The summed E-state index contributed by atoms with van der Waals surface area (Å²) in [6.07, 6.45) is 5.06. The number of hydrogen-bond donors (Lipinski definition) is 2. The predicted octanol–water partition coefficient (Wildman–Crippen LogP) is 2.46. The summed E-state index contributed by atoms with van der Waals surface area (Å²) in [4.78, 5) is 22.1. The highest BCUT2D eigenvalue weighted by Gasteiger charge is 2.04. The second-order valence-electron chi connectivity index (χ2n) is 4.65. The van der Waals surface area contributed by atoms with Gasteiger partial charge in [0.1, 0.15) is 0 Å². The lowest BCUT2D eigenvalue weighted by Crippen LogP contribution is -2.11. The monoisotopic (exact) mass is 287 g/mol. The minimum Gasteiger partial charge on any atom is -0.481 e. The molecule has 0 spiro atoms. The van der Waals surface area contributed by atoms with Gasteiger partial charge in [0.15, 0.2) is 0 Å². The Morgan fingerprint density at radius 3 is 2.48 bits per heavy atom. The lowest BCUT2D eigenvalue weighted by molar-refractivity contribution is -0.137. The molecule has 6 nitrogen and oxygen atoms in total. The minimum atomic E-state index is -0.829. The molecule has 2 N–H and O–H groups in total. The molecule has 1 aromatic heterocycles. The van der Waals surface area contributed by atoms with Crippen LogP contribution in [0.1, 0.15) is 25.7 Å². The quantitative estimate of drug-likeness (QED) is 0.766. The summed E-state index contributed by atoms with van der Waals surface area (Å²) in [7, 11) is 0. The van der Waals surface area contributed by atoms with Gasteiger partial charge in [0.25, 0.3) is 0 Å². The number of carbonyl (C=O) groups excluding carboxylic acids is 1. The van der Waals surface area contributed by atoms with Crippen molar-refractivity contribution in [1.82, 2.24) is 9.78 Å². The highest BCUT2D eigenvalue weighted by atomic mass is 16.4. The smallest absolute Gasteiger partial charge is 0.303 e. The molecule has 1 heterocycles. The van der Waals surface area contributed by atoms with Crippen LogP contribution in [0.25, 0.3) is 5.69 Å². The summed E-state index contributed by atoms with van der Waals surface area (Å²) >= 11 is 0. The Bertz CT molecular complexity index is 591. The van der Waals surface area contributed by atoms with Crippen LogP contribution >= 0.6 is 0 Å². The van der Waals surface area contributed by atoms with Crippen molar-refractivity contribution in [2.24, 2.45) is 0 Å². The van der Waals surface area contributed by atoms with Crippen molar-refractivity contribution < 1.29 is 14.7 Å². The first-order valence-electron chi connectivity index (χ1n) is 6.77. The van der Waals surface area contributed by atoms with Crippen LogP contribution in [-0.4, -0.2) is 26.8 Å². The molecular formula is C15H17N3O3. The van der Waals surface area contributed by atoms with Crippen molar-refractivity contribution in [3.8, 4) is 5.69 Å². The number of rotatable bonds is 7. The lowest BCUT2D eigenvalue weighted by atomic mass is 10.2. The molecule has 0 radical (unpaired) electrons. The molecular weight excluding hydrogens is 270 g/mol. The molecule has 0 aliphatic carbocycles. The highest BCUT2D eigenvalue weighted by molar-refractivity contribution is 5.90. The molecule has 2 rings (SSSR count). The van der Waals surface area contributed by atoms with Crippen molar-refractivity contribution in [2.75, 3.05) is 5.32 Å². The summed E-state index contributed by atoms with van der Waals surface area (Å²) in [5.41, 5.74) is 1.63. The molecule has 0 saturated carbocycles. The first kappa shape index (κ1) is 14.8. The summed E-state index contributed by atoms with van der Waals surface area (Å²) in [6.45, 7) is 0. The summed E-state index contributed by atoms with van der Waals surface area (Å²) in [5.74, 6) is -0.933. The van der Waals surface area contributed by atoms with E-state index < -0.39 is 5.97 Å². The molecule has 110 valence electrons. The molecule has 2 aromatic rings. The SMILES string of the molecule is O=C(O)CCCCC(=O)Nc1ccc(-n2cccn2)cc1. The fourth-order valence-electron chi connectivity index (χ4n) is 1.90. The Morgan fingerprint density at radius 1 is 1.14 bits per heavy atom. The Kier molecular flexibility index (Phi) is 5.09. The zero-order valence-corrected chi connectivity index (χ0v) is 11.5. The zero-order chi connectivity index (χ0) is 15.1. The van der Waals surface area contributed by atoms with Gasteiger partial charge in [-0.3, -0.25) is 9.59 Å². The molecule has 0 saturated heterocycles. The number of carbonyl (C=O) groups is 2. The van der Waals surface area contributed by atoms with Crippen LogP contribution in [-0.2, 0) is 9.59 Å². The Morgan fingerprint density at radius 2 is 1.86 bits per heavy atom. The average molecular weight is 287 g/mol. The third-order valence-corrected chi connectivity index (χ3v) is 2.96. The molecule has 1 amide bonds. The van der Waals surface area contributed by atoms with Gasteiger partial charge in [0.05, 0.1) is 5.69 Å². The van der Waals surface area contributed by atoms with Gasteiger partial charge in [-0.2, -0.15) is 5.10 Å². The number of nitrogens with one attached hydrogen (secondary N) is 1. The first-order chi connectivity index (χ1) is 10.1. The third kappa shape index (κ3) is 4.76. The maximum Gasteiger partial charge on any atom is 0.303 e. The summed E-state index contributed by atoms with van der Waals surface area (Å²) in [6, 6.07) is 9.20. The van der Waals surface area contributed by atoms with Crippen molar-refractivity contribution in [3.63, 3.8) is 0 Å². The molecule has 0 unspecified atom stereocenters. The number of benzene rings is 1. The van der Waals surface area contributed by atoms with Crippen LogP contribution in [0.3, 0.4) is 0 Å². The number of carboxylic acids is 1. The third-order valence-electron chi connectivity index (χ3n) is 2.96. The molecule has 0 atom stereocenters. The molecule has 21 heavy (non-hydrogen) atoms. The van der Waals surface area contributed by atoms with Crippen molar-refractivity contribution in [1.29, 1.82) is 0 Å². The maximum absolute atomic E-state index is 11.7. The van der Waals surface area contributed by atoms with Gasteiger partial charge in [-0.1, -0.05) is 0 Å². The average Bonchev–Trinajstić information content (AvgIpc) is 2.98. The van der Waals surface area contributed by atoms with Crippen LogP contribution < -0.4 is 5.32 Å². The number of aromatic nitrogens is 2. The molecule has 1 aromatic carbocycles. The molecule has 6 heteroatoms. The lowest BCUT2D eigenvalue weighted by Gasteiger charge is -2.06. The second kappa shape index (κ2) is 7.23. The fraction of sp³-hybridized carbons (Fsp3) is 0.267. The first-order valence-corrected chi connectivity index (χ1v) is 6.77. The number of aliphatic carboxylic acids is 1. The maximum atomic E-state index is 11.7. The molecule has 0 aliphatic rings. The van der Waals surface area contributed by atoms with Crippen LogP contribution in [0, 0.1) is 0 Å². The van der Waals surface area contributed by atoms with Gasteiger partial charge in [-0.25, -0.2) is 4.68 Å². The number of unbranched alkanes of at least 4 members (excludes halogenated alkanes) is 1. The van der Waals surface area contributed by atoms with Gasteiger partial charge in [0, 0.05) is 30.9 Å². The Hall–Kier alpha value is -2.63. The van der Waals surface area contributed by atoms with Gasteiger partial charge < -0.3 is 10.4 Å². The normalized spacial score (nSPS) is 10.3. The van der Waals surface area contributed by atoms with Gasteiger partial charge in [-0.05, 0) is 43.2 Å². The predicted molar refractivity (Wildman–Crippen MR) is 78.3 cm³/mol. The number of carboxylic acid groups (broad SMARTS) is 1. The van der Waals surface area contributed by atoms with Crippen molar-refractivity contribution in [3.05, 3.63) is 42.7 Å².